The molecular weight excluding hydrogens is 432 g/mol. The van der Waals surface area contributed by atoms with Crippen LogP contribution in [0.15, 0.2) is 60.7 Å². The summed E-state index contributed by atoms with van der Waals surface area (Å²) in [5, 5.41) is 3.04. The number of benzene rings is 3. The van der Waals surface area contributed by atoms with Crippen LogP contribution in [0.1, 0.15) is 39.0 Å². The van der Waals surface area contributed by atoms with E-state index in [-0.39, 0.29) is 11.8 Å². The number of carbonyl (C=O) groups excluding carboxylic acids is 2. The Morgan fingerprint density at radius 3 is 2.44 bits per heavy atom. The molecule has 3 aromatic rings. The molecule has 2 atom stereocenters. The smallest absolute Gasteiger partial charge is 0.254 e. The number of ether oxygens (including phenoxy) is 3. The van der Waals surface area contributed by atoms with E-state index in [1.54, 1.807) is 33.5 Å². The predicted octanol–water partition coefficient (Wildman–Crippen LogP) is 4.19. The summed E-state index contributed by atoms with van der Waals surface area (Å²) in [6.07, 6.45) is 0.671. The van der Waals surface area contributed by atoms with E-state index >= 15 is 0 Å². The minimum atomic E-state index is -0.600. The van der Waals surface area contributed by atoms with Crippen LogP contribution in [0.25, 0.3) is 0 Å². The largest absolute Gasteiger partial charge is 0.497 e. The summed E-state index contributed by atoms with van der Waals surface area (Å²) in [5.74, 6) is 1.00. The highest BCUT2D eigenvalue weighted by Crippen LogP contribution is 2.48. The number of rotatable bonds is 5. The molecular formula is C27H26N2O5. The first-order valence-corrected chi connectivity index (χ1v) is 11.1. The lowest BCUT2D eigenvalue weighted by Gasteiger charge is -2.45. The van der Waals surface area contributed by atoms with E-state index in [4.69, 9.17) is 14.2 Å². The molecule has 34 heavy (non-hydrogen) atoms. The van der Waals surface area contributed by atoms with Crippen LogP contribution in [0.2, 0.25) is 0 Å². The molecule has 2 amide bonds. The lowest BCUT2D eigenvalue weighted by Crippen LogP contribution is -2.49. The molecule has 0 spiro atoms. The molecule has 0 saturated heterocycles. The monoisotopic (exact) mass is 458 g/mol. The first kappa shape index (κ1) is 21.8. The Morgan fingerprint density at radius 1 is 0.912 bits per heavy atom. The summed E-state index contributed by atoms with van der Waals surface area (Å²) < 4.78 is 16.3. The predicted molar refractivity (Wildman–Crippen MR) is 128 cm³/mol. The molecule has 0 aromatic heterocycles. The standard InChI is InChI=1S/C27H26N2O5/c1-32-18-8-6-7-17(14-18)28-26(30)24-19-9-4-5-10-20(19)27(31)29-12-11-16-13-22(33-2)23(34-3)15-21(16)25(24)29/h4-10,13-15,24-25H,11-12H2,1-3H3,(H,28,30). The number of hydrogen-bond acceptors (Lipinski definition) is 5. The Kier molecular flexibility index (Phi) is 5.61. The number of anilines is 1. The molecule has 3 aromatic carbocycles. The third kappa shape index (κ3) is 3.53. The maximum Gasteiger partial charge on any atom is 0.254 e. The fourth-order valence-corrected chi connectivity index (χ4v) is 5.06. The second-order valence-electron chi connectivity index (χ2n) is 8.39. The van der Waals surface area contributed by atoms with E-state index in [2.05, 4.69) is 5.32 Å². The van der Waals surface area contributed by atoms with Gasteiger partial charge in [0.05, 0.1) is 33.3 Å². The first-order valence-electron chi connectivity index (χ1n) is 11.1. The van der Waals surface area contributed by atoms with Gasteiger partial charge < -0.3 is 24.4 Å². The van der Waals surface area contributed by atoms with E-state index in [1.807, 2.05) is 53.4 Å². The summed E-state index contributed by atoms with van der Waals surface area (Å²) >= 11 is 0. The second-order valence-corrected chi connectivity index (χ2v) is 8.39. The SMILES string of the molecule is COc1cccc(NC(=O)C2c3ccccc3C(=O)N3CCc4cc(OC)c(OC)cc4C23)c1. The van der Waals surface area contributed by atoms with Crippen molar-refractivity contribution in [3.05, 3.63) is 82.9 Å². The van der Waals surface area contributed by atoms with Crippen molar-refractivity contribution >= 4 is 17.5 Å². The Balaban J connectivity index is 1.64. The molecule has 2 unspecified atom stereocenters. The average Bonchev–Trinajstić information content (AvgIpc) is 2.88. The van der Waals surface area contributed by atoms with Gasteiger partial charge in [0.2, 0.25) is 5.91 Å². The van der Waals surface area contributed by atoms with Gasteiger partial charge in [-0.25, -0.2) is 0 Å². The summed E-state index contributed by atoms with van der Waals surface area (Å²) in [7, 11) is 4.77. The van der Waals surface area contributed by atoms with Gasteiger partial charge in [0.15, 0.2) is 11.5 Å². The molecule has 5 rings (SSSR count). The minimum absolute atomic E-state index is 0.0635. The van der Waals surface area contributed by atoms with Crippen LogP contribution < -0.4 is 19.5 Å². The molecule has 1 N–H and O–H groups in total. The lowest BCUT2D eigenvalue weighted by atomic mass is 9.75. The van der Waals surface area contributed by atoms with E-state index < -0.39 is 12.0 Å². The topological polar surface area (TPSA) is 77.1 Å². The van der Waals surface area contributed by atoms with E-state index in [1.165, 1.54) is 0 Å². The lowest BCUT2D eigenvalue weighted by molar-refractivity contribution is -0.119. The van der Waals surface area contributed by atoms with Gasteiger partial charge in [0.25, 0.3) is 5.91 Å². The van der Waals surface area contributed by atoms with Crippen LogP contribution in [0.5, 0.6) is 17.2 Å². The number of amides is 2. The van der Waals surface area contributed by atoms with Gasteiger partial charge in [-0.1, -0.05) is 24.3 Å². The summed E-state index contributed by atoms with van der Waals surface area (Å²) in [5.41, 5.74) is 3.86. The van der Waals surface area contributed by atoms with E-state index in [0.717, 1.165) is 16.7 Å². The van der Waals surface area contributed by atoms with Crippen molar-refractivity contribution in [1.82, 2.24) is 4.90 Å². The number of methoxy groups -OCH3 is 3. The van der Waals surface area contributed by atoms with Gasteiger partial charge in [-0.2, -0.15) is 0 Å². The molecule has 7 nitrogen and oxygen atoms in total. The van der Waals surface area contributed by atoms with E-state index in [9.17, 15) is 9.59 Å². The van der Waals surface area contributed by atoms with Crippen molar-refractivity contribution in [2.24, 2.45) is 0 Å². The summed E-state index contributed by atoms with van der Waals surface area (Å²) in [6, 6.07) is 18.0. The van der Waals surface area contributed by atoms with Gasteiger partial charge in [0, 0.05) is 23.9 Å². The molecule has 0 bridgehead atoms. The molecule has 2 aliphatic heterocycles. The second kappa shape index (κ2) is 8.74. The van der Waals surface area contributed by atoms with Crippen LogP contribution >= 0.6 is 0 Å². The molecule has 0 fully saturated rings. The molecule has 0 aliphatic carbocycles. The fourth-order valence-electron chi connectivity index (χ4n) is 5.06. The molecule has 0 saturated carbocycles. The van der Waals surface area contributed by atoms with Crippen LogP contribution in [-0.2, 0) is 11.2 Å². The molecule has 2 aliphatic rings. The maximum absolute atomic E-state index is 13.8. The van der Waals surface area contributed by atoms with Gasteiger partial charge in [-0.15, -0.1) is 0 Å². The third-order valence-corrected chi connectivity index (χ3v) is 6.64. The minimum Gasteiger partial charge on any atom is -0.497 e. The Hall–Kier alpha value is -4.00. The van der Waals surface area contributed by atoms with Gasteiger partial charge >= 0.3 is 0 Å². The number of nitrogens with zero attached hydrogens (tertiary/aromatic N) is 1. The molecule has 7 heteroatoms. The maximum atomic E-state index is 13.8. The highest BCUT2D eigenvalue weighted by molar-refractivity contribution is 6.04. The first-order chi connectivity index (χ1) is 16.5. The zero-order valence-corrected chi connectivity index (χ0v) is 19.3. The number of fused-ring (bicyclic) bond motifs is 4. The zero-order chi connectivity index (χ0) is 23.8. The normalized spacial score (nSPS) is 18.3. The Labute approximate surface area is 198 Å². The number of hydrogen-bond donors (Lipinski definition) is 1. The van der Waals surface area contributed by atoms with Crippen LogP contribution in [0.3, 0.4) is 0 Å². The van der Waals surface area contributed by atoms with Gasteiger partial charge in [-0.3, -0.25) is 9.59 Å². The fraction of sp³-hybridized carbons (Fsp3) is 0.259. The molecule has 174 valence electrons. The Morgan fingerprint density at radius 2 is 1.68 bits per heavy atom. The molecule has 0 radical (unpaired) electrons. The summed E-state index contributed by atoms with van der Waals surface area (Å²) in [4.78, 5) is 29.1. The van der Waals surface area contributed by atoms with Crippen LogP contribution in [0.4, 0.5) is 5.69 Å². The summed E-state index contributed by atoms with van der Waals surface area (Å²) in [6.45, 7) is 0.517. The number of nitrogens with one attached hydrogen (secondary N) is 1. The zero-order valence-electron chi connectivity index (χ0n) is 19.3. The van der Waals surface area contributed by atoms with Gasteiger partial charge in [0.1, 0.15) is 5.75 Å². The van der Waals surface area contributed by atoms with Gasteiger partial charge in [-0.05, 0) is 53.4 Å². The van der Waals surface area contributed by atoms with Crippen molar-refractivity contribution in [2.75, 3.05) is 33.2 Å². The van der Waals surface area contributed by atoms with Crippen molar-refractivity contribution < 1.29 is 23.8 Å². The van der Waals surface area contributed by atoms with Crippen LogP contribution in [-0.4, -0.2) is 44.6 Å². The molecule has 2 heterocycles. The average molecular weight is 459 g/mol. The van der Waals surface area contributed by atoms with E-state index in [0.29, 0.717) is 41.5 Å². The third-order valence-electron chi connectivity index (χ3n) is 6.64. The highest BCUT2D eigenvalue weighted by atomic mass is 16.5. The quantitative estimate of drug-likeness (QED) is 0.621. The highest BCUT2D eigenvalue weighted by Gasteiger charge is 2.46. The van der Waals surface area contributed by atoms with Crippen molar-refractivity contribution in [3.8, 4) is 17.2 Å². The Bertz CT molecular complexity index is 1270. The number of carbonyl (C=O) groups is 2. The van der Waals surface area contributed by atoms with Crippen molar-refractivity contribution in [1.29, 1.82) is 0 Å². The van der Waals surface area contributed by atoms with Crippen molar-refractivity contribution in [2.45, 2.75) is 18.4 Å². The van der Waals surface area contributed by atoms with Crippen LogP contribution in [0, 0.1) is 0 Å². The van der Waals surface area contributed by atoms with Crippen molar-refractivity contribution in [3.63, 3.8) is 0 Å².